The van der Waals surface area contributed by atoms with Crippen molar-refractivity contribution < 1.29 is 18.7 Å². The van der Waals surface area contributed by atoms with E-state index in [1.165, 1.54) is 16.9 Å². The van der Waals surface area contributed by atoms with E-state index in [0.717, 1.165) is 11.1 Å². The van der Waals surface area contributed by atoms with Crippen LogP contribution in [0.3, 0.4) is 0 Å². The number of fused-ring (bicyclic) bond motifs is 3. The summed E-state index contributed by atoms with van der Waals surface area (Å²) in [6.07, 6.45) is 1.61. The van der Waals surface area contributed by atoms with Gasteiger partial charge in [0.15, 0.2) is 18.2 Å². The number of esters is 1. The quantitative estimate of drug-likeness (QED) is 0.352. The van der Waals surface area contributed by atoms with Gasteiger partial charge in [-0.2, -0.15) is 0 Å². The van der Waals surface area contributed by atoms with Gasteiger partial charge >= 0.3 is 5.97 Å². The Hall–Kier alpha value is -4.73. The highest BCUT2D eigenvalue weighted by Crippen LogP contribution is 2.17. The van der Waals surface area contributed by atoms with E-state index in [0.29, 0.717) is 22.5 Å². The van der Waals surface area contributed by atoms with E-state index in [2.05, 4.69) is 15.5 Å². The molecule has 0 aliphatic carbocycles. The fourth-order valence-corrected chi connectivity index (χ4v) is 4.07. The summed E-state index contributed by atoms with van der Waals surface area (Å²) in [5.41, 5.74) is 2.21. The van der Waals surface area contributed by atoms with E-state index >= 15 is 0 Å². The van der Waals surface area contributed by atoms with Gasteiger partial charge in [0.2, 0.25) is 5.78 Å². The van der Waals surface area contributed by atoms with Crippen LogP contribution in [0.4, 0.5) is 0 Å². The third-order valence-corrected chi connectivity index (χ3v) is 5.90. The lowest BCUT2D eigenvalue weighted by atomic mass is 10.1. The van der Waals surface area contributed by atoms with Crippen LogP contribution in [-0.4, -0.2) is 37.1 Å². The zero-order chi connectivity index (χ0) is 25.2. The first kappa shape index (κ1) is 23.0. The molecule has 10 heteroatoms. The summed E-state index contributed by atoms with van der Waals surface area (Å²) in [4.78, 5) is 38.5. The summed E-state index contributed by atoms with van der Waals surface area (Å²) in [5.74, 6) is -0.400. The molecule has 1 amide bonds. The van der Waals surface area contributed by atoms with E-state index < -0.39 is 17.9 Å². The van der Waals surface area contributed by atoms with E-state index in [1.807, 2.05) is 49.4 Å². The minimum absolute atomic E-state index is 0.0898. The van der Waals surface area contributed by atoms with Gasteiger partial charge in [-0.25, -0.2) is 4.79 Å². The highest BCUT2D eigenvalue weighted by molar-refractivity contribution is 5.94. The average molecular weight is 486 g/mol. The van der Waals surface area contributed by atoms with Gasteiger partial charge in [0.25, 0.3) is 11.5 Å². The Morgan fingerprint density at radius 1 is 1.08 bits per heavy atom. The molecular formula is C26H23N5O5. The third kappa shape index (κ3) is 4.36. The fourth-order valence-electron chi connectivity index (χ4n) is 4.07. The number of hydrogen-bond acceptors (Lipinski definition) is 7. The first-order chi connectivity index (χ1) is 17.4. The smallest absolute Gasteiger partial charge is 0.329 e. The van der Waals surface area contributed by atoms with Gasteiger partial charge in [0.1, 0.15) is 6.04 Å². The largest absolute Gasteiger partial charge is 0.459 e. The second kappa shape index (κ2) is 9.49. The monoisotopic (exact) mass is 485 g/mol. The number of rotatable bonds is 7. The molecule has 0 saturated heterocycles. The first-order valence-corrected chi connectivity index (χ1v) is 11.3. The molecule has 0 aliphatic rings. The second-order valence-electron chi connectivity index (χ2n) is 8.44. The van der Waals surface area contributed by atoms with Crippen LogP contribution >= 0.6 is 0 Å². The van der Waals surface area contributed by atoms with Crippen molar-refractivity contribution in [3.8, 4) is 0 Å². The molecule has 3 aromatic heterocycles. The lowest BCUT2D eigenvalue weighted by Crippen LogP contribution is -2.43. The number of aromatic nitrogens is 4. The molecule has 1 atom stereocenters. The topological polar surface area (TPSA) is 121 Å². The second-order valence-corrected chi connectivity index (χ2v) is 8.44. The van der Waals surface area contributed by atoms with Gasteiger partial charge in [-0.3, -0.25) is 18.6 Å². The van der Waals surface area contributed by atoms with Gasteiger partial charge in [-0.05, 0) is 36.8 Å². The SMILES string of the molecule is Cc1ccc2c(c1)c(=O)n(C)c1nnc(COC(=O)[C@H](Cc3ccccc3)NC(=O)c3ccco3)n21. The average Bonchev–Trinajstić information content (AvgIpc) is 3.57. The summed E-state index contributed by atoms with van der Waals surface area (Å²) in [7, 11) is 1.62. The predicted molar refractivity (Wildman–Crippen MR) is 130 cm³/mol. The molecule has 0 unspecified atom stereocenters. The molecule has 0 aliphatic heterocycles. The van der Waals surface area contributed by atoms with Crippen molar-refractivity contribution >= 4 is 28.6 Å². The molecule has 5 aromatic rings. The molecule has 1 N–H and O–H groups in total. The lowest BCUT2D eigenvalue weighted by Gasteiger charge is -2.17. The van der Waals surface area contributed by atoms with Crippen molar-refractivity contribution in [2.45, 2.75) is 26.0 Å². The summed E-state index contributed by atoms with van der Waals surface area (Å²) in [6, 6.07) is 16.9. The van der Waals surface area contributed by atoms with Crippen LogP contribution in [0.5, 0.6) is 0 Å². The van der Waals surface area contributed by atoms with Crippen LogP contribution in [0, 0.1) is 6.92 Å². The zero-order valence-corrected chi connectivity index (χ0v) is 19.7. The van der Waals surface area contributed by atoms with Gasteiger partial charge in [-0.15, -0.1) is 10.2 Å². The van der Waals surface area contributed by atoms with Gasteiger partial charge in [-0.1, -0.05) is 42.0 Å². The third-order valence-electron chi connectivity index (χ3n) is 5.90. The molecule has 3 heterocycles. The van der Waals surface area contributed by atoms with Crippen LogP contribution in [0.1, 0.15) is 27.5 Å². The Balaban J connectivity index is 1.42. The van der Waals surface area contributed by atoms with Crippen molar-refractivity contribution in [2.75, 3.05) is 0 Å². The molecule has 0 saturated carbocycles. The summed E-state index contributed by atoms with van der Waals surface area (Å²) >= 11 is 0. The van der Waals surface area contributed by atoms with E-state index in [4.69, 9.17) is 9.15 Å². The first-order valence-electron chi connectivity index (χ1n) is 11.3. The van der Waals surface area contributed by atoms with Crippen LogP contribution in [0.2, 0.25) is 0 Å². The summed E-state index contributed by atoms with van der Waals surface area (Å²) in [6.45, 7) is 1.70. The molecule has 2 aromatic carbocycles. The number of ether oxygens (including phenoxy) is 1. The molecule has 36 heavy (non-hydrogen) atoms. The maximum atomic E-state index is 13.1. The van der Waals surface area contributed by atoms with Crippen LogP contribution < -0.4 is 10.9 Å². The normalized spacial score (nSPS) is 12.1. The predicted octanol–water partition coefficient (Wildman–Crippen LogP) is 2.57. The van der Waals surface area contributed by atoms with Gasteiger partial charge in [0, 0.05) is 13.5 Å². The maximum absolute atomic E-state index is 13.1. The summed E-state index contributed by atoms with van der Waals surface area (Å²) in [5, 5.41) is 11.5. The van der Waals surface area contributed by atoms with Crippen molar-refractivity contribution in [1.82, 2.24) is 24.5 Å². The number of furan rings is 1. The molecule has 0 spiro atoms. The number of nitrogens with zero attached hydrogens (tertiary/aromatic N) is 4. The van der Waals surface area contributed by atoms with Crippen molar-refractivity contribution in [3.05, 3.63) is 100.0 Å². The van der Waals surface area contributed by atoms with Crippen molar-refractivity contribution in [1.29, 1.82) is 0 Å². The molecule has 0 fully saturated rings. The Kier molecular flexibility index (Phi) is 6.07. The fraction of sp³-hybridized carbons (Fsp3) is 0.192. The molecule has 5 rings (SSSR count). The van der Waals surface area contributed by atoms with E-state index in [1.54, 1.807) is 23.6 Å². The Bertz CT molecular complexity index is 1620. The number of benzene rings is 2. The maximum Gasteiger partial charge on any atom is 0.329 e. The Labute approximate surface area is 205 Å². The minimum Gasteiger partial charge on any atom is -0.459 e. The minimum atomic E-state index is -0.965. The Morgan fingerprint density at radius 3 is 2.64 bits per heavy atom. The molecule has 0 bridgehead atoms. The summed E-state index contributed by atoms with van der Waals surface area (Å²) < 4.78 is 13.8. The van der Waals surface area contributed by atoms with Crippen LogP contribution in [-0.2, 0) is 29.6 Å². The number of nitrogens with one attached hydrogen (secondary N) is 1. The van der Waals surface area contributed by atoms with Crippen molar-refractivity contribution in [3.63, 3.8) is 0 Å². The van der Waals surface area contributed by atoms with E-state index in [9.17, 15) is 14.4 Å². The number of carbonyl (C=O) groups is 2. The van der Waals surface area contributed by atoms with Gasteiger partial charge < -0.3 is 14.5 Å². The molecule has 182 valence electrons. The number of aryl methyl sites for hydroxylation is 2. The number of amides is 1. The highest BCUT2D eigenvalue weighted by Gasteiger charge is 2.25. The number of carbonyl (C=O) groups excluding carboxylic acids is 2. The highest BCUT2D eigenvalue weighted by atomic mass is 16.5. The Morgan fingerprint density at radius 2 is 1.89 bits per heavy atom. The lowest BCUT2D eigenvalue weighted by molar-refractivity contribution is -0.147. The standard InChI is InChI=1S/C26H23N5O5/c1-16-10-11-20-18(13-16)24(33)30(2)26-29-28-22(31(20)26)15-36-25(34)19(14-17-7-4-3-5-8-17)27-23(32)21-9-6-12-35-21/h3-13,19H,14-15H2,1-2H3,(H,27,32)/t19-/m0/s1. The zero-order valence-electron chi connectivity index (χ0n) is 19.7. The molecule has 0 radical (unpaired) electrons. The van der Waals surface area contributed by atoms with Crippen LogP contribution in [0.15, 0.2) is 76.1 Å². The van der Waals surface area contributed by atoms with Crippen molar-refractivity contribution in [2.24, 2.45) is 7.05 Å². The van der Waals surface area contributed by atoms with E-state index in [-0.39, 0.29) is 24.3 Å². The molecular weight excluding hydrogens is 462 g/mol. The number of hydrogen-bond donors (Lipinski definition) is 1. The molecule has 10 nitrogen and oxygen atoms in total. The van der Waals surface area contributed by atoms with Gasteiger partial charge in [0.05, 0.1) is 17.2 Å². The van der Waals surface area contributed by atoms with Crippen LogP contribution in [0.25, 0.3) is 16.7 Å².